The van der Waals surface area contributed by atoms with Gasteiger partial charge in [-0.1, -0.05) is 63.6 Å². The van der Waals surface area contributed by atoms with Crippen LogP contribution in [0.25, 0.3) is 0 Å². The molecule has 0 bridgehead atoms. The third-order valence-corrected chi connectivity index (χ3v) is 6.27. The maximum atomic E-state index is 13.1. The Morgan fingerprint density at radius 2 is 1.80 bits per heavy atom. The van der Waals surface area contributed by atoms with Gasteiger partial charge < -0.3 is 15.5 Å². The first-order valence-corrected chi connectivity index (χ1v) is 11.9. The summed E-state index contributed by atoms with van der Waals surface area (Å²) in [5.41, 5.74) is 7.28. The van der Waals surface area contributed by atoms with Gasteiger partial charge in [-0.05, 0) is 45.0 Å². The number of benzene rings is 1. The number of unbranched alkanes of at least 4 members (excludes halogenated alkanes) is 6. The van der Waals surface area contributed by atoms with E-state index in [1.807, 2.05) is 35.2 Å². The number of hydrazine groups is 1. The van der Waals surface area contributed by atoms with E-state index in [9.17, 15) is 4.79 Å². The SMILES string of the molecule is CCCCCCCCCC(=O)N(CC1CCCN1C)CC(N)N(N)c1ccccc1. The number of hydrogen-bond donors (Lipinski definition) is 2. The van der Waals surface area contributed by atoms with Crippen LogP contribution in [0.2, 0.25) is 0 Å². The minimum absolute atomic E-state index is 0.209. The Morgan fingerprint density at radius 3 is 2.43 bits per heavy atom. The van der Waals surface area contributed by atoms with Crippen molar-refractivity contribution in [3.8, 4) is 0 Å². The molecule has 2 rings (SSSR count). The van der Waals surface area contributed by atoms with Gasteiger partial charge in [-0.25, -0.2) is 5.84 Å². The molecule has 0 aliphatic carbocycles. The van der Waals surface area contributed by atoms with Gasteiger partial charge >= 0.3 is 0 Å². The minimum atomic E-state index is -0.433. The molecule has 6 heteroatoms. The number of amides is 1. The maximum absolute atomic E-state index is 13.1. The van der Waals surface area contributed by atoms with E-state index >= 15 is 0 Å². The van der Waals surface area contributed by atoms with Crippen molar-refractivity contribution in [1.29, 1.82) is 0 Å². The molecule has 4 N–H and O–H groups in total. The van der Waals surface area contributed by atoms with Crippen molar-refractivity contribution in [3.63, 3.8) is 0 Å². The first kappa shape index (κ1) is 24.6. The maximum Gasteiger partial charge on any atom is 0.222 e. The van der Waals surface area contributed by atoms with E-state index in [0.717, 1.165) is 38.0 Å². The summed E-state index contributed by atoms with van der Waals surface area (Å²) in [7, 11) is 2.15. The van der Waals surface area contributed by atoms with Crippen LogP contribution in [0.1, 0.15) is 71.1 Å². The first-order valence-electron chi connectivity index (χ1n) is 11.9. The van der Waals surface area contributed by atoms with Gasteiger partial charge in [0, 0.05) is 19.0 Å². The average Bonchev–Trinajstić information content (AvgIpc) is 3.16. The van der Waals surface area contributed by atoms with Crippen molar-refractivity contribution in [1.82, 2.24) is 9.80 Å². The number of rotatable bonds is 14. The number of likely N-dealkylation sites (tertiary alicyclic amines) is 1. The van der Waals surface area contributed by atoms with Gasteiger partial charge in [-0.2, -0.15) is 0 Å². The number of likely N-dealkylation sites (N-methyl/N-ethyl adjacent to an activating group) is 1. The van der Waals surface area contributed by atoms with Gasteiger partial charge in [-0.3, -0.25) is 9.80 Å². The molecule has 0 saturated carbocycles. The monoisotopic (exact) mass is 417 g/mol. The van der Waals surface area contributed by atoms with Gasteiger partial charge in [0.1, 0.15) is 6.17 Å². The minimum Gasteiger partial charge on any atom is -0.338 e. The van der Waals surface area contributed by atoms with E-state index in [1.165, 1.54) is 38.5 Å². The van der Waals surface area contributed by atoms with Crippen LogP contribution in [0, 0.1) is 0 Å². The Bertz CT molecular complexity index is 597. The molecular weight excluding hydrogens is 374 g/mol. The molecule has 170 valence electrons. The Morgan fingerprint density at radius 1 is 1.13 bits per heavy atom. The standard InChI is InChI=1S/C24H43N5O/c1-3-4-5-6-7-8-12-17-24(30)28(19-22-16-13-18-27(22)2)20-23(25)29(26)21-14-10-9-11-15-21/h9-11,14-15,22-23H,3-8,12-13,16-20,25-26H2,1-2H3. The molecule has 1 aromatic carbocycles. The van der Waals surface area contributed by atoms with E-state index < -0.39 is 6.17 Å². The lowest BCUT2D eigenvalue weighted by Gasteiger charge is -2.34. The molecule has 2 atom stereocenters. The van der Waals surface area contributed by atoms with Crippen molar-refractivity contribution in [2.45, 2.75) is 83.3 Å². The van der Waals surface area contributed by atoms with Crippen LogP contribution in [0.5, 0.6) is 0 Å². The van der Waals surface area contributed by atoms with Crippen LogP contribution >= 0.6 is 0 Å². The molecule has 0 aromatic heterocycles. The second-order valence-electron chi connectivity index (χ2n) is 8.76. The molecule has 2 unspecified atom stereocenters. The van der Waals surface area contributed by atoms with Gasteiger partial charge in [0.15, 0.2) is 0 Å². The van der Waals surface area contributed by atoms with E-state index in [0.29, 0.717) is 19.0 Å². The Labute approximate surface area is 183 Å². The summed E-state index contributed by atoms with van der Waals surface area (Å²) < 4.78 is 0. The molecule has 0 radical (unpaired) electrons. The van der Waals surface area contributed by atoms with Crippen molar-refractivity contribution >= 4 is 11.6 Å². The van der Waals surface area contributed by atoms with Gasteiger partial charge in [0.25, 0.3) is 0 Å². The van der Waals surface area contributed by atoms with Crippen molar-refractivity contribution < 1.29 is 4.79 Å². The van der Waals surface area contributed by atoms with Crippen molar-refractivity contribution in [3.05, 3.63) is 30.3 Å². The molecule has 30 heavy (non-hydrogen) atoms. The fourth-order valence-corrected chi connectivity index (χ4v) is 4.24. The molecular formula is C24H43N5O. The Hall–Kier alpha value is -1.63. The Balaban J connectivity index is 1.88. The van der Waals surface area contributed by atoms with Crippen molar-refractivity contribution in [2.24, 2.45) is 11.6 Å². The molecule has 1 saturated heterocycles. The topological polar surface area (TPSA) is 78.8 Å². The zero-order valence-electron chi connectivity index (χ0n) is 19.1. The number of nitrogens with two attached hydrogens (primary N) is 2. The van der Waals surface area contributed by atoms with Crippen LogP contribution in [0.4, 0.5) is 5.69 Å². The summed E-state index contributed by atoms with van der Waals surface area (Å²) in [4.78, 5) is 17.4. The predicted octanol–water partition coefficient (Wildman–Crippen LogP) is 3.72. The second-order valence-corrected chi connectivity index (χ2v) is 8.76. The lowest BCUT2D eigenvalue weighted by Crippen LogP contribution is -2.55. The van der Waals surface area contributed by atoms with Crippen LogP contribution < -0.4 is 16.6 Å². The fraction of sp³-hybridized carbons (Fsp3) is 0.708. The summed E-state index contributed by atoms with van der Waals surface area (Å²) in [6, 6.07) is 10.1. The van der Waals surface area contributed by atoms with E-state index in [-0.39, 0.29) is 5.91 Å². The van der Waals surface area contributed by atoms with E-state index in [4.69, 9.17) is 11.6 Å². The third kappa shape index (κ3) is 8.25. The number of carbonyl (C=O) groups excluding carboxylic acids is 1. The van der Waals surface area contributed by atoms with Crippen LogP contribution in [0.3, 0.4) is 0 Å². The largest absolute Gasteiger partial charge is 0.338 e. The van der Waals surface area contributed by atoms with Gasteiger partial charge in [-0.15, -0.1) is 0 Å². The zero-order valence-corrected chi connectivity index (χ0v) is 19.1. The highest BCUT2D eigenvalue weighted by molar-refractivity contribution is 5.76. The van der Waals surface area contributed by atoms with Gasteiger partial charge in [0.05, 0.1) is 12.2 Å². The number of nitrogens with zero attached hydrogens (tertiary/aromatic N) is 3. The summed E-state index contributed by atoms with van der Waals surface area (Å²) in [6.07, 6.45) is 11.0. The lowest BCUT2D eigenvalue weighted by molar-refractivity contribution is -0.132. The number of hydrogen-bond acceptors (Lipinski definition) is 5. The molecule has 1 aliphatic heterocycles. The smallest absolute Gasteiger partial charge is 0.222 e. The molecule has 1 aliphatic rings. The fourth-order valence-electron chi connectivity index (χ4n) is 4.24. The van der Waals surface area contributed by atoms with E-state index in [2.05, 4.69) is 18.9 Å². The predicted molar refractivity (Wildman–Crippen MR) is 126 cm³/mol. The molecule has 0 spiro atoms. The summed E-state index contributed by atoms with van der Waals surface area (Å²) in [5, 5.41) is 1.58. The molecule has 1 aromatic rings. The third-order valence-electron chi connectivity index (χ3n) is 6.27. The first-order chi connectivity index (χ1) is 14.5. The van der Waals surface area contributed by atoms with Gasteiger partial charge in [0.2, 0.25) is 5.91 Å². The Kier molecular flexibility index (Phi) is 11.2. The highest BCUT2D eigenvalue weighted by Gasteiger charge is 2.27. The number of para-hydroxylation sites is 1. The zero-order chi connectivity index (χ0) is 21.8. The molecule has 1 heterocycles. The second kappa shape index (κ2) is 13.6. The lowest BCUT2D eigenvalue weighted by atomic mass is 10.1. The summed E-state index contributed by atoms with van der Waals surface area (Å²) in [6.45, 7) is 4.52. The molecule has 1 fully saturated rings. The normalized spacial score (nSPS) is 17.8. The molecule has 1 amide bonds. The van der Waals surface area contributed by atoms with Crippen molar-refractivity contribution in [2.75, 3.05) is 31.7 Å². The molecule has 6 nitrogen and oxygen atoms in total. The van der Waals surface area contributed by atoms with Crippen LogP contribution in [-0.2, 0) is 4.79 Å². The summed E-state index contributed by atoms with van der Waals surface area (Å²) >= 11 is 0. The van der Waals surface area contributed by atoms with Crippen LogP contribution in [-0.4, -0.2) is 54.6 Å². The number of carbonyl (C=O) groups is 1. The highest BCUT2D eigenvalue weighted by atomic mass is 16.2. The highest BCUT2D eigenvalue weighted by Crippen LogP contribution is 2.18. The average molecular weight is 418 g/mol. The quantitative estimate of drug-likeness (QED) is 0.209. The van der Waals surface area contributed by atoms with Crippen LogP contribution in [0.15, 0.2) is 30.3 Å². The number of anilines is 1. The van der Waals surface area contributed by atoms with E-state index in [1.54, 1.807) is 5.01 Å². The summed E-state index contributed by atoms with van der Waals surface area (Å²) in [5.74, 6) is 6.47.